The molecule has 0 aliphatic heterocycles. The van der Waals surface area contributed by atoms with E-state index in [0.717, 1.165) is 10.3 Å². The van der Waals surface area contributed by atoms with Crippen molar-refractivity contribution in [2.75, 3.05) is 14.2 Å². The Morgan fingerprint density at radius 2 is 1.69 bits per heavy atom. The Bertz CT molecular complexity index is 1460. The minimum Gasteiger partial charge on any atom is -0.493 e. The van der Waals surface area contributed by atoms with Crippen molar-refractivity contribution in [2.24, 2.45) is 0 Å². The zero-order valence-corrected chi connectivity index (χ0v) is 21.6. The lowest BCUT2D eigenvalue weighted by molar-refractivity contribution is -0.127. The van der Waals surface area contributed by atoms with Crippen molar-refractivity contribution in [3.05, 3.63) is 82.2 Å². The molecule has 0 spiro atoms. The molecule has 1 aliphatic carbocycles. The van der Waals surface area contributed by atoms with E-state index < -0.39 is 23.2 Å². The standard InChI is InChI=1S/C27H21Cl2NO5S/c1-33-18-10-8-14(12-19(18)34-2)21-23(29)25(31)24(21)30-27(32)26-22(28)17-13-16(9-11-20(17)36-26)35-15-6-4-3-5-7-15/h3-13,21,23-24H,1-2H3,(H,30,32). The number of alkyl halides is 1. The van der Waals surface area contributed by atoms with Crippen LogP contribution in [0.4, 0.5) is 0 Å². The van der Waals surface area contributed by atoms with Crippen LogP contribution in [-0.2, 0) is 4.79 Å². The number of thiophene rings is 1. The van der Waals surface area contributed by atoms with E-state index in [4.69, 9.17) is 37.4 Å². The second-order valence-electron chi connectivity index (χ2n) is 8.21. The number of methoxy groups -OCH3 is 2. The summed E-state index contributed by atoms with van der Waals surface area (Å²) in [4.78, 5) is 26.1. The number of ether oxygens (including phenoxy) is 3. The quantitative estimate of drug-likeness (QED) is 0.272. The number of hydrogen-bond acceptors (Lipinski definition) is 6. The van der Waals surface area contributed by atoms with Gasteiger partial charge in [0.15, 0.2) is 17.3 Å². The zero-order valence-electron chi connectivity index (χ0n) is 19.3. The number of para-hydroxylation sites is 1. The molecule has 3 aromatic carbocycles. The third-order valence-corrected chi connectivity index (χ3v) is 8.28. The van der Waals surface area contributed by atoms with Crippen molar-refractivity contribution in [1.82, 2.24) is 5.32 Å². The van der Waals surface area contributed by atoms with Gasteiger partial charge in [-0.25, -0.2) is 0 Å². The number of fused-ring (bicyclic) bond motifs is 1. The molecule has 1 N–H and O–H groups in total. The van der Waals surface area contributed by atoms with E-state index in [-0.39, 0.29) is 5.78 Å². The van der Waals surface area contributed by atoms with Crippen LogP contribution in [0.25, 0.3) is 10.1 Å². The first-order valence-electron chi connectivity index (χ1n) is 11.1. The van der Waals surface area contributed by atoms with Crippen molar-refractivity contribution in [1.29, 1.82) is 0 Å². The fraction of sp³-hybridized carbons (Fsp3) is 0.185. The van der Waals surface area contributed by atoms with Gasteiger partial charge in [0.1, 0.15) is 21.8 Å². The lowest BCUT2D eigenvalue weighted by Crippen LogP contribution is -2.60. The van der Waals surface area contributed by atoms with E-state index in [0.29, 0.717) is 38.3 Å². The van der Waals surface area contributed by atoms with Crippen LogP contribution in [0.5, 0.6) is 23.0 Å². The molecular weight excluding hydrogens is 521 g/mol. The molecule has 1 aromatic heterocycles. The van der Waals surface area contributed by atoms with E-state index >= 15 is 0 Å². The third kappa shape index (κ3) is 4.39. The Morgan fingerprint density at radius 1 is 0.944 bits per heavy atom. The van der Waals surface area contributed by atoms with Crippen LogP contribution in [0.3, 0.4) is 0 Å². The number of hydrogen-bond donors (Lipinski definition) is 1. The molecule has 1 fully saturated rings. The first-order chi connectivity index (χ1) is 17.4. The number of Topliss-reactive ketones (excluding diaryl/α,β-unsaturated/α-hetero) is 1. The first kappa shape index (κ1) is 24.4. The summed E-state index contributed by atoms with van der Waals surface area (Å²) in [6.45, 7) is 0. The molecule has 1 heterocycles. The Morgan fingerprint density at radius 3 is 2.42 bits per heavy atom. The van der Waals surface area contributed by atoms with Crippen molar-refractivity contribution >= 4 is 56.3 Å². The molecule has 0 bridgehead atoms. The van der Waals surface area contributed by atoms with Gasteiger partial charge in [0.25, 0.3) is 5.91 Å². The predicted octanol–water partition coefficient (Wildman–Crippen LogP) is 6.44. The summed E-state index contributed by atoms with van der Waals surface area (Å²) in [6, 6.07) is 19.4. The minimum absolute atomic E-state index is 0.249. The average Bonchev–Trinajstić information content (AvgIpc) is 3.24. The summed E-state index contributed by atoms with van der Waals surface area (Å²) in [6.07, 6.45) is 0. The molecule has 4 aromatic rings. The van der Waals surface area contributed by atoms with E-state index in [1.165, 1.54) is 18.4 Å². The predicted molar refractivity (Wildman–Crippen MR) is 142 cm³/mol. The molecule has 3 unspecified atom stereocenters. The van der Waals surface area contributed by atoms with Crippen LogP contribution in [0.1, 0.15) is 21.2 Å². The lowest BCUT2D eigenvalue weighted by atomic mass is 9.73. The number of benzene rings is 3. The van der Waals surface area contributed by atoms with E-state index in [9.17, 15) is 9.59 Å². The third-order valence-electron chi connectivity index (χ3n) is 6.12. The van der Waals surface area contributed by atoms with Gasteiger partial charge in [-0.05, 0) is 48.0 Å². The molecule has 5 rings (SSSR count). The summed E-state index contributed by atoms with van der Waals surface area (Å²) in [5.74, 6) is 1.28. The van der Waals surface area contributed by atoms with Gasteiger partial charge in [0, 0.05) is 16.0 Å². The maximum absolute atomic E-state index is 13.2. The number of carbonyl (C=O) groups is 2. The topological polar surface area (TPSA) is 73.9 Å². The lowest BCUT2D eigenvalue weighted by Gasteiger charge is -2.40. The number of ketones is 1. The molecule has 36 heavy (non-hydrogen) atoms. The van der Waals surface area contributed by atoms with Crippen LogP contribution in [-0.4, -0.2) is 37.3 Å². The normalized spacial score (nSPS) is 19.0. The number of nitrogens with one attached hydrogen (secondary N) is 1. The molecule has 0 radical (unpaired) electrons. The van der Waals surface area contributed by atoms with Crippen LogP contribution in [0.15, 0.2) is 66.7 Å². The van der Waals surface area contributed by atoms with Gasteiger partial charge >= 0.3 is 0 Å². The summed E-state index contributed by atoms with van der Waals surface area (Å²) >= 11 is 14.2. The summed E-state index contributed by atoms with van der Waals surface area (Å²) in [7, 11) is 3.08. The van der Waals surface area contributed by atoms with Gasteiger partial charge in [-0.3, -0.25) is 9.59 Å². The Hall–Kier alpha value is -3.26. The Balaban J connectivity index is 1.38. The maximum Gasteiger partial charge on any atom is 0.263 e. The van der Waals surface area contributed by atoms with Gasteiger partial charge in [0.05, 0.1) is 25.3 Å². The van der Waals surface area contributed by atoms with Crippen LogP contribution in [0, 0.1) is 0 Å². The minimum atomic E-state index is -0.781. The molecular formula is C27H21Cl2NO5S. The Labute approximate surface area is 221 Å². The van der Waals surface area contributed by atoms with E-state index in [1.54, 1.807) is 25.3 Å². The van der Waals surface area contributed by atoms with Crippen molar-refractivity contribution in [3.63, 3.8) is 0 Å². The van der Waals surface area contributed by atoms with Gasteiger partial charge in [-0.15, -0.1) is 22.9 Å². The summed E-state index contributed by atoms with van der Waals surface area (Å²) < 4.78 is 17.4. The smallest absolute Gasteiger partial charge is 0.263 e. The zero-order chi connectivity index (χ0) is 25.4. The molecule has 1 amide bonds. The SMILES string of the molecule is COc1ccc(C2C(Cl)C(=O)C2NC(=O)c2sc3ccc(Oc4ccccc4)cc3c2Cl)cc1OC. The molecule has 6 nitrogen and oxygen atoms in total. The highest BCUT2D eigenvalue weighted by atomic mass is 35.5. The summed E-state index contributed by atoms with van der Waals surface area (Å²) in [5.41, 5.74) is 0.766. The van der Waals surface area contributed by atoms with Crippen LogP contribution in [0.2, 0.25) is 5.02 Å². The first-order valence-corrected chi connectivity index (χ1v) is 12.7. The second kappa shape index (κ2) is 10.0. The highest BCUT2D eigenvalue weighted by Crippen LogP contribution is 2.43. The van der Waals surface area contributed by atoms with Crippen LogP contribution < -0.4 is 19.5 Å². The van der Waals surface area contributed by atoms with Crippen LogP contribution >= 0.6 is 34.5 Å². The van der Waals surface area contributed by atoms with E-state index in [2.05, 4.69) is 5.32 Å². The highest BCUT2D eigenvalue weighted by Gasteiger charge is 2.50. The molecule has 0 saturated heterocycles. The van der Waals surface area contributed by atoms with E-state index in [1.807, 2.05) is 48.5 Å². The van der Waals surface area contributed by atoms with Gasteiger partial charge in [-0.1, -0.05) is 35.9 Å². The number of rotatable bonds is 7. The fourth-order valence-corrected chi connectivity index (χ4v) is 6.06. The largest absolute Gasteiger partial charge is 0.493 e. The van der Waals surface area contributed by atoms with Gasteiger partial charge < -0.3 is 19.5 Å². The highest BCUT2D eigenvalue weighted by molar-refractivity contribution is 7.21. The number of amides is 1. The molecule has 184 valence electrons. The Kier molecular flexibility index (Phi) is 6.79. The van der Waals surface area contributed by atoms with Crippen molar-refractivity contribution in [3.8, 4) is 23.0 Å². The van der Waals surface area contributed by atoms with Crippen molar-refractivity contribution in [2.45, 2.75) is 17.3 Å². The maximum atomic E-state index is 13.2. The average molecular weight is 542 g/mol. The summed E-state index contributed by atoms with van der Waals surface area (Å²) in [5, 5.41) is 3.08. The number of carbonyl (C=O) groups excluding carboxylic acids is 2. The van der Waals surface area contributed by atoms with Crippen molar-refractivity contribution < 1.29 is 23.8 Å². The molecule has 1 aliphatic rings. The number of halogens is 2. The second-order valence-corrected chi connectivity index (χ2v) is 10.1. The fourth-order valence-electron chi connectivity index (χ4n) is 4.25. The molecule has 9 heteroatoms. The molecule has 3 atom stereocenters. The van der Waals surface area contributed by atoms with Gasteiger partial charge in [0.2, 0.25) is 0 Å². The monoisotopic (exact) mass is 541 g/mol. The molecule has 1 saturated carbocycles. The van der Waals surface area contributed by atoms with Gasteiger partial charge in [-0.2, -0.15) is 0 Å².